The van der Waals surface area contributed by atoms with E-state index >= 15 is 0 Å². The molecule has 4 rings (SSSR count). The minimum atomic E-state index is -1.55. The van der Waals surface area contributed by atoms with Gasteiger partial charge in [0, 0.05) is 24.5 Å². The summed E-state index contributed by atoms with van der Waals surface area (Å²) < 4.78 is 43.1. The molecule has 0 saturated heterocycles. The minimum absolute atomic E-state index is 0.0947. The molecule has 0 aliphatic heterocycles. The molecule has 0 unspecified atom stereocenters. The van der Waals surface area contributed by atoms with Crippen LogP contribution in [-0.2, 0) is 6.54 Å². The average molecular weight is 440 g/mol. The van der Waals surface area contributed by atoms with E-state index in [9.17, 15) is 23.2 Å². The number of hydrogen-bond donors (Lipinski definition) is 1. The summed E-state index contributed by atoms with van der Waals surface area (Å²) in [6.07, 6.45) is 1.41. The Hall–Kier alpha value is -3.64. The largest absolute Gasteiger partial charge is 0.340 e. The van der Waals surface area contributed by atoms with E-state index in [-0.39, 0.29) is 23.5 Å². The number of halogens is 3. The van der Waals surface area contributed by atoms with Gasteiger partial charge in [-0.05, 0) is 49.2 Å². The lowest BCUT2D eigenvalue weighted by molar-refractivity contribution is 0.444. The van der Waals surface area contributed by atoms with Crippen molar-refractivity contribution in [3.63, 3.8) is 0 Å². The summed E-state index contributed by atoms with van der Waals surface area (Å²) in [7, 11) is 0. The molecule has 2 aromatic carbocycles. The summed E-state index contributed by atoms with van der Waals surface area (Å²) in [4.78, 5) is 16.7. The van der Waals surface area contributed by atoms with E-state index < -0.39 is 22.9 Å². The lowest BCUT2D eigenvalue weighted by atomic mass is 10.1. The normalized spacial score (nSPS) is 11.0. The zero-order chi connectivity index (χ0) is 22.3. The molecule has 1 N–H and O–H groups in total. The van der Waals surface area contributed by atoms with Gasteiger partial charge >= 0.3 is 0 Å². The first-order valence-corrected chi connectivity index (χ1v) is 10.00. The third-order valence-electron chi connectivity index (χ3n) is 4.78. The number of nitrogens with zero attached hydrogens (tertiary/aromatic N) is 3. The van der Waals surface area contributed by atoms with Crippen LogP contribution in [0.1, 0.15) is 21.7 Å². The number of aromatic nitrogens is 2. The van der Waals surface area contributed by atoms with E-state index in [1.165, 1.54) is 16.8 Å². The Kier molecular flexibility index (Phi) is 5.25. The molecule has 0 radical (unpaired) electrons. The monoisotopic (exact) mass is 440 g/mol. The van der Waals surface area contributed by atoms with Crippen molar-refractivity contribution in [1.29, 1.82) is 5.26 Å². The van der Waals surface area contributed by atoms with E-state index in [2.05, 4.69) is 10.3 Å². The van der Waals surface area contributed by atoms with E-state index in [4.69, 9.17) is 0 Å². The van der Waals surface area contributed by atoms with Gasteiger partial charge < -0.3 is 9.88 Å². The maximum Gasteiger partial charge on any atom is 0.201 e. The summed E-state index contributed by atoms with van der Waals surface area (Å²) in [6.45, 7) is 3.68. The molecule has 0 atom stereocenters. The van der Waals surface area contributed by atoms with Crippen LogP contribution < -0.4 is 10.7 Å². The second-order valence-corrected chi connectivity index (χ2v) is 8.24. The van der Waals surface area contributed by atoms with Gasteiger partial charge in [-0.25, -0.2) is 18.2 Å². The highest BCUT2D eigenvalue weighted by atomic mass is 32.1. The predicted octanol–water partition coefficient (Wildman–Crippen LogP) is 5.16. The standard InChI is InChI=1S/C22H15F3N4OS/c1-11-5-20-18(27-12(2)31-20)8-17(11)28-22-14(9-26)19(30)3-4-29(22)10-13-6-15(23)21(25)16(24)7-13/h3-8,28H,10H2,1-2H3. The summed E-state index contributed by atoms with van der Waals surface area (Å²) in [5.41, 5.74) is 1.74. The van der Waals surface area contributed by atoms with Gasteiger partial charge in [0.2, 0.25) is 5.43 Å². The van der Waals surface area contributed by atoms with Crippen LogP contribution in [0, 0.1) is 42.6 Å². The molecule has 0 bridgehead atoms. The van der Waals surface area contributed by atoms with E-state index in [1.54, 1.807) is 11.3 Å². The van der Waals surface area contributed by atoms with Crippen LogP contribution >= 0.6 is 11.3 Å². The Bertz CT molecular complexity index is 1410. The van der Waals surface area contributed by atoms with E-state index in [1.807, 2.05) is 32.0 Å². The van der Waals surface area contributed by atoms with Crippen LogP contribution in [-0.4, -0.2) is 9.55 Å². The first-order valence-electron chi connectivity index (χ1n) is 9.18. The molecule has 2 aromatic heterocycles. The van der Waals surface area contributed by atoms with Crippen molar-refractivity contribution in [2.75, 3.05) is 5.32 Å². The number of nitriles is 1. The van der Waals surface area contributed by atoms with Crippen molar-refractivity contribution in [3.05, 3.63) is 85.9 Å². The molecule has 0 aliphatic carbocycles. The van der Waals surface area contributed by atoms with Crippen molar-refractivity contribution in [2.24, 2.45) is 0 Å². The summed E-state index contributed by atoms with van der Waals surface area (Å²) in [6, 6.07) is 8.60. The Morgan fingerprint density at radius 2 is 1.87 bits per heavy atom. The van der Waals surface area contributed by atoms with Crippen molar-refractivity contribution in [2.45, 2.75) is 20.4 Å². The third kappa shape index (κ3) is 3.90. The Balaban J connectivity index is 1.82. The average Bonchev–Trinajstić information content (AvgIpc) is 3.07. The third-order valence-corrected chi connectivity index (χ3v) is 5.71. The molecule has 0 spiro atoms. The van der Waals surface area contributed by atoms with Crippen molar-refractivity contribution >= 4 is 33.1 Å². The Morgan fingerprint density at radius 3 is 2.55 bits per heavy atom. The molecular weight excluding hydrogens is 425 g/mol. The van der Waals surface area contributed by atoms with Gasteiger partial charge in [0.25, 0.3) is 0 Å². The fraction of sp³-hybridized carbons (Fsp3) is 0.136. The zero-order valence-corrected chi connectivity index (χ0v) is 17.3. The summed E-state index contributed by atoms with van der Waals surface area (Å²) >= 11 is 1.55. The molecule has 4 aromatic rings. The quantitative estimate of drug-likeness (QED) is 0.445. The molecule has 5 nitrogen and oxygen atoms in total. The fourth-order valence-electron chi connectivity index (χ4n) is 3.30. The van der Waals surface area contributed by atoms with Crippen molar-refractivity contribution < 1.29 is 13.2 Å². The van der Waals surface area contributed by atoms with Crippen LogP contribution in [0.2, 0.25) is 0 Å². The second-order valence-electron chi connectivity index (χ2n) is 7.01. The number of aryl methyl sites for hydroxylation is 2. The lowest BCUT2D eigenvalue weighted by Gasteiger charge is -2.18. The number of pyridine rings is 1. The number of rotatable bonds is 4. The summed E-state index contributed by atoms with van der Waals surface area (Å²) in [5.74, 6) is -4.02. The zero-order valence-electron chi connectivity index (χ0n) is 16.5. The Labute approximate surface area is 179 Å². The van der Waals surface area contributed by atoms with Crippen molar-refractivity contribution in [1.82, 2.24) is 9.55 Å². The number of thiazole rings is 1. The van der Waals surface area contributed by atoms with Gasteiger partial charge in [0.1, 0.15) is 17.5 Å². The molecule has 9 heteroatoms. The second kappa shape index (κ2) is 7.89. The molecule has 0 amide bonds. The molecule has 0 aliphatic rings. The fourth-order valence-corrected chi connectivity index (χ4v) is 4.21. The van der Waals surface area contributed by atoms with Crippen LogP contribution in [0.25, 0.3) is 10.2 Å². The first-order chi connectivity index (χ1) is 14.8. The van der Waals surface area contributed by atoms with Crippen LogP contribution in [0.3, 0.4) is 0 Å². The number of hydrogen-bond acceptors (Lipinski definition) is 5. The molecule has 31 heavy (non-hydrogen) atoms. The smallest absolute Gasteiger partial charge is 0.201 e. The number of anilines is 2. The van der Waals surface area contributed by atoms with Crippen LogP contribution in [0.15, 0.2) is 41.3 Å². The van der Waals surface area contributed by atoms with E-state index in [0.717, 1.165) is 32.9 Å². The highest BCUT2D eigenvalue weighted by Gasteiger charge is 2.16. The Morgan fingerprint density at radius 1 is 1.16 bits per heavy atom. The van der Waals surface area contributed by atoms with Crippen molar-refractivity contribution in [3.8, 4) is 6.07 Å². The molecule has 0 saturated carbocycles. The number of nitrogens with one attached hydrogen (secondary N) is 1. The van der Waals surface area contributed by atoms with Gasteiger partial charge in [0.15, 0.2) is 17.5 Å². The topological polar surface area (TPSA) is 70.7 Å². The maximum atomic E-state index is 13.7. The maximum absolute atomic E-state index is 13.7. The van der Waals surface area contributed by atoms with Gasteiger partial charge in [-0.15, -0.1) is 11.3 Å². The lowest BCUT2D eigenvalue weighted by Crippen LogP contribution is -2.17. The summed E-state index contributed by atoms with van der Waals surface area (Å²) in [5, 5.41) is 13.6. The molecule has 0 fully saturated rings. The molecule has 2 heterocycles. The highest BCUT2D eigenvalue weighted by molar-refractivity contribution is 7.18. The van der Waals surface area contributed by atoms with Crippen LogP contribution in [0.5, 0.6) is 0 Å². The van der Waals surface area contributed by atoms with Crippen LogP contribution in [0.4, 0.5) is 24.7 Å². The van der Waals surface area contributed by atoms with Gasteiger partial charge in [-0.1, -0.05) is 0 Å². The molecule has 156 valence electrons. The van der Waals surface area contributed by atoms with E-state index in [0.29, 0.717) is 5.69 Å². The molecular formula is C22H15F3N4OS. The number of fused-ring (bicyclic) bond motifs is 1. The predicted molar refractivity (Wildman–Crippen MR) is 113 cm³/mol. The highest BCUT2D eigenvalue weighted by Crippen LogP contribution is 2.30. The van der Waals surface area contributed by atoms with Gasteiger partial charge in [-0.2, -0.15) is 5.26 Å². The first kappa shape index (κ1) is 20.6. The number of benzene rings is 2. The van der Waals surface area contributed by atoms with Gasteiger partial charge in [0.05, 0.1) is 15.2 Å². The minimum Gasteiger partial charge on any atom is -0.340 e. The SMILES string of the molecule is Cc1nc2cc(Nc3c(C#N)c(=O)ccn3Cc3cc(F)c(F)c(F)c3)c(C)cc2s1. The van der Waals surface area contributed by atoms with Gasteiger partial charge in [-0.3, -0.25) is 4.79 Å².